The van der Waals surface area contributed by atoms with Gasteiger partial charge in [-0.3, -0.25) is 0 Å². The highest BCUT2D eigenvalue weighted by atomic mass is 16.3. The van der Waals surface area contributed by atoms with Crippen molar-refractivity contribution in [2.45, 2.75) is 0 Å². The largest absolute Gasteiger partial charge is 0.508 e. The maximum atomic E-state index is 9.33. The van der Waals surface area contributed by atoms with Gasteiger partial charge in [-0.15, -0.1) is 0 Å². The normalized spacial score (nSPS) is 10.8. The molecule has 0 radical (unpaired) electrons. The maximum absolute atomic E-state index is 9.33. The van der Waals surface area contributed by atoms with Crippen molar-refractivity contribution in [3.63, 3.8) is 0 Å². The second kappa shape index (κ2) is 4.35. The summed E-state index contributed by atoms with van der Waals surface area (Å²) in [5.41, 5.74) is 3.40. The average molecular weight is 252 g/mol. The SMILES string of the molecule is CN(c1ccc(O)cc1)c1ccc2c(ccn2C)c1. The number of aromatic hydroxyl groups is 1. The highest BCUT2D eigenvalue weighted by Gasteiger charge is 2.06. The molecule has 0 aliphatic carbocycles. The van der Waals surface area contributed by atoms with E-state index in [2.05, 4.69) is 39.9 Å². The van der Waals surface area contributed by atoms with Crippen LogP contribution in [0.1, 0.15) is 0 Å². The number of rotatable bonds is 2. The van der Waals surface area contributed by atoms with Gasteiger partial charge in [0.2, 0.25) is 0 Å². The van der Waals surface area contributed by atoms with Crippen LogP contribution in [0.4, 0.5) is 11.4 Å². The molecule has 0 spiro atoms. The summed E-state index contributed by atoms with van der Waals surface area (Å²) in [6.45, 7) is 0. The topological polar surface area (TPSA) is 28.4 Å². The van der Waals surface area contributed by atoms with Gasteiger partial charge in [0.05, 0.1) is 0 Å². The summed E-state index contributed by atoms with van der Waals surface area (Å²) < 4.78 is 2.11. The molecule has 0 atom stereocenters. The quantitative estimate of drug-likeness (QED) is 0.754. The van der Waals surface area contributed by atoms with Crippen LogP contribution in [-0.4, -0.2) is 16.7 Å². The summed E-state index contributed by atoms with van der Waals surface area (Å²) in [5, 5.41) is 10.6. The lowest BCUT2D eigenvalue weighted by Gasteiger charge is -2.19. The number of aryl methyl sites for hydroxylation is 1. The third-order valence-electron chi connectivity index (χ3n) is 3.49. The average Bonchev–Trinajstić information content (AvgIpc) is 2.80. The first-order valence-corrected chi connectivity index (χ1v) is 6.23. The van der Waals surface area contributed by atoms with Crippen molar-refractivity contribution in [1.82, 2.24) is 4.57 Å². The minimum Gasteiger partial charge on any atom is -0.508 e. The van der Waals surface area contributed by atoms with Crippen molar-refractivity contribution in [3.8, 4) is 5.75 Å². The van der Waals surface area contributed by atoms with Gasteiger partial charge in [0.25, 0.3) is 0 Å². The molecular weight excluding hydrogens is 236 g/mol. The Morgan fingerprint density at radius 1 is 0.947 bits per heavy atom. The van der Waals surface area contributed by atoms with Crippen LogP contribution in [0.25, 0.3) is 10.9 Å². The van der Waals surface area contributed by atoms with E-state index in [-0.39, 0.29) is 5.75 Å². The van der Waals surface area contributed by atoms with Gasteiger partial charge in [-0.2, -0.15) is 0 Å². The van der Waals surface area contributed by atoms with Crippen LogP contribution in [0.15, 0.2) is 54.7 Å². The van der Waals surface area contributed by atoms with Crippen LogP contribution in [0.3, 0.4) is 0 Å². The standard InChI is InChI=1S/C16H16N2O/c1-17-10-9-12-11-14(5-8-16(12)17)18(2)13-3-6-15(19)7-4-13/h3-11,19H,1-2H3. The molecule has 0 aliphatic heterocycles. The molecule has 0 amide bonds. The number of fused-ring (bicyclic) bond motifs is 1. The fourth-order valence-corrected chi connectivity index (χ4v) is 2.30. The number of hydrogen-bond donors (Lipinski definition) is 1. The molecule has 96 valence electrons. The van der Waals surface area contributed by atoms with Gasteiger partial charge in [0, 0.05) is 42.6 Å². The van der Waals surface area contributed by atoms with Crippen molar-refractivity contribution in [2.75, 3.05) is 11.9 Å². The molecule has 0 bridgehead atoms. The molecular formula is C16H16N2O. The van der Waals surface area contributed by atoms with E-state index in [1.54, 1.807) is 12.1 Å². The van der Waals surface area contributed by atoms with E-state index in [0.29, 0.717) is 0 Å². The second-order valence-electron chi connectivity index (χ2n) is 4.75. The Bertz CT molecular complexity index is 713. The Kier molecular flexibility index (Phi) is 2.67. The number of anilines is 2. The Morgan fingerprint density at radius 3 is 2.37 bits per heavy atom. The minimum atomic E-state index is 0.288. The number of phenols is 1. The zero-order valence-electron chi connectivity index (χ0n) is 11.0. The highest BCUT2D eigenvalue weighted by molar-refractivity contribution is 5.85. The van der Waals surface area contributed by atoms with Crippen molar-refractivity contribution in [3.05, 3.63) is 54.7 Å². The first-order chi connectivity index (χ1) is 9.15. The van der Waals surface area contributed by atoms with Crippen LogP contribution in [0.5, 0.6) is 5.75 Å². The van der Waals surface area contributed by atoms with E-state index in [9.17, 15) is 5.11 Å². The molecule has 3 heteroatoms. The number of phenolic OH excluding ortho intramolecular Hbond substituents is 1. The third-order valence-corrected chi connectivity index (χ3v) is 3.49. The molecule has 3 aromatic rings. The van der Waals surface area contributed by atoms with Crippen LogP contribution >= 0.6 is 0 Å². The van der Waals surface area contributed by atoms with Crippen molar-refractivity contribution >= 4 is 22.3 Å². The summed E-state index contributed by atoms with van der Waals surface area (Å²) in [6.07, 6.45) is 2.06. The first kappa shape index (κ1) is 11.7. The van der Waals surface area contributed by atoms with E-state index in [4.69, 9.17) is 0 Å². The van der Waals surface area contributed by atoms with E-state index in [1.807, 2.05) is 26.2 Å². The van der Waals surface area contributed by atoms with Crippen LogP contribution in [0.2, 0.25) is 0 Å². The number of aromatic nitrogens is 1. The monoisotopic (exact) mass is 252 g/mol. The lowest BCUT2D eigenvalue weighted by Crippen LogP contribution is -2.08. The summed E-state index contributed by atoms with van der Waals surface area (Å²) in [7, 11) is 4.07. The summed E-state index contributed by atoms with van der Waals surface area (Å²) in [6, 6.07) is 15.7. The molecule has 0 saturated heterocycles. The number of hydrogen-bond acceptors (Lipinski definition) is 2. The fourth-order valence-electron chi connectivity index (χ4n) is 2.30. The molecule has 1 heterocycles. The molecule has 0 unspecified atom stereocenters. The smallest absolute Gasteiger partial charge is 0.115 e. The van der Waals surface area contributed by atoms with Gasteiger partial charge in [-0.1, -0.05) is 0 Å². The van der Waals surface area contributed by atoms with Crippen molar-refractivity contribution in [2.24, 2.45) is 7.05 Å². The molecule has 0 aliphatic rings. The zero-order valence-corrected chi connectivity index (χ0v) is 11.0. The third kappa shape index (κ3) is 2.03. The van der Waals surface area contributed by atoms with Crippen LogP contribution in [-0.2, 0) is 7.05 Å². The second-order valence-corrected chi connectivity index (χ2v) is 4.75. The van der Waals surface area contributed by atoms with E-state index >= 15 is 0 Å². The Morgan fingerprint density at radius 2 is 1.63 bits per heavy atom. The Hall–Kier alpha value is -2.42. The van der Waals surface area contributed by atoms with E-state index in [0.717, 1.165) is 11.4 Å². The fraction of sp³-hybridized carbons (Fsp3) is 0.125. The van der Waals surface area contributed by atoms with Gasteiger partial charge in [-0.05, 0) is 48.5 Å². The van der Waals surface area contributed by atoms with Gasteiger partial charge in [0.15, 0.2) is 0 Å². The van der Waals surface area contributed by atoms with Gasteiger partial charge >= 0.3 is 0 Å². The molecule has 3 rings (SSSR count). The highest BCUT2D eigenvalue weighted by Crippen LogP contribution is 2.28. The lowest BCUT2D eigenvalue weighted by molar-refractivity contribution is 0.475. The number of nitrogens with zero attached hydrogens (tertiary/aromatic N) is 2. The van der Waals surface area contributed by atoms with Crippen molar-refractivity contribution in [1.29, 1.82) is 0 Å². The number of benzene rings is 2. The molecule has 3 nitrogen and oxygen atoms in total. The van der Waals surface area contributed by atoms with Gasteiger partial charge < -0.3 is 14.6 Å². The van der Waals surface area contributed by atoms with Gasteiger partial charge in [-0.25, -0.2) is 0 Å². The van der Waals surface area contributed by atoms with Crippen molar-refractivity contribution < 1.29 is 5.11 Å². The predicted molar refractivity (Wildman–Crippen MR) is 79.1 cm³/mol. The minimum absolute atomic E-state index is 0.288. The van der Waals surface area contributed by atoms with Crippen LogP contribution in [0, 0.1) is 0 Å². The molecule has 0 saturated carbocycles. The summed E-state index contributed by atoms with van der Waals surface area (Å²) in [4.78, 5) is 2.10. The molecule has 1 N–H and O–H groups in total. The Labute approximate surface area is 112 Å². The summed E-state index contributed by atoms with van der Waals surface area (Å²) >= 11 is 0. The molecule has 19 heavy (non-hydrogen) atoms. The lowest BCUT2D eigenvalue weighted by atomic mass is 10.2. The van der Waals surface area contributed by atoms with E-state index in [1.165, 1.54) is 10.9 Å². The first-order valence-electron chi connectivity index (χ1n) is 6.23. The van der Waals surface area contributed by atoms with Crippen LogP contribution < -0.4 is 4.90 Å². The Balaban J connectivity index is 2.01. The summed E-state index contributed by atoms with van der Waals surface area (Å²) in [5.74, 6) is 0.288. The molecule has 1 aromatic heterocycles. The molecule has 2 aromatic carbocycles. The maximum Gasteiger partial charge on any atom is 0.115 e. The van der Waals surface area contributed by atoms with Gasteiger partial charge in [0.1, 0.15) is 5.75 Å². The molecule has 0 fully saturated rings. The predicted octanol–water partition coefficient (Wildman–Crippen LogP) is 3.65. The zero-order chi connectivity index (χ0) is 13.4. The van der Waals surface area contributed by atoms with E-state index < -0.39 is 0 Å².